The van der Waals surface area contributed by atoms with Crippen LogP contribution in [-0.4, -0.2) is 17.5 Å². The Balaban J connectivity index is 3.40. The van der Waals surface area contributed by atoms with E-state index in [9.17, 15) is 0 Å². The highest BCUT2D eigenvalue weighted by molar-refractivity contribution is 8.01. The van der Waals surface area contributed by atoms with E-state index in [4.69, 9.17) is 10.4 Å². The van der Waals surface area contributed by atoms with Crippen molar-refractivity contribution in [1.29, 1.82) is 5.26 Å². The molecule has 0 radical (unpaired) electrons. The number of hydrogen-bond acceptors (Lipinski definition) is 3. The first-order valence-electron chi connectivity index (χ1n) is 2.08. The number of hydrogen-bond donors (Lipinski definition) is 1. The van der Waals surface area contributed by atoms with Crippen molar-refractivity contribution in [3.63, 3.8) is 0 Å². The van der Waals surface area contributed by atoms with Crippen molar-refractivity contribution in [3.05, 3.63) is 11.5 Å². The Morgan fingerprint density at radius 1 is 1.88 bits per heavy atom. The average Bonchev–Trinajstić information content (AvgIpc) is 1.83. The van der Waals surface area contributed by atoms with Gasteiger partial charge in [0.1, 0.15) is 0 Å². The molecule has 0 aromatic rings. The van der Waals surface area contributed by atoms with Gasteiger partial charge in [0.05, 0.1) is 6.07 Å². The summed E-state index contributed by atoms with van der Waals surface area (Å²) in [5.41, 5.74) is 0. The first kappa shape index (κ1) is 7.54. The molecule has 0 fully saturated rings. The predicted octanol–water partition coefficient (Wildman–Crippen LogP) is 0.748. The van der Waals surface area contributed by atoms with Crippen molar-refractivity contribution in [1.82, 2.24) is 0 Å². The Labute approximate surface area is 52.8 Å². The summed E-state index contributed by atoms with van der Waals surface area (Å²) in [7, 11) is 0. The van der Waals surface area contributed by atoms with Crippen molar-refractivity contribution in [2.24, 2.45) is 0 Å². The van der Waals surface area contributed by atoms with Crippen LogP contribution in [-0.2, 0) is 0 Å². The summed E-state index contributed by atoms with van der Waals surface area (Å²) >= 11 is 1.45. The molecule has 0 aromatic carbocycles. The van der Waals surface area contributed by atoms with Crippen molar-refractivity contribution in [2.75, 3.05) is 6.26 Å². The lowest BCUT2D eigenvalue weighted by molar-refractivity contribution is 0.278. The molecular formula is C5H7NOS. The number of aliphatic hydroxyl groups is 1. The smallest absolute Gasteiger partial charge is 0.159 e. The van der Waals surface area contributed by atoms with Crippen molar-refractivity contribution >= 4 is 11.8 Å². The normalized spacial score (nSPS) is 13.6. The molecule has 0 saturated carbocycles. The average molecular weight is 129 g/mol. The van der Waals surface area contributed by atoms with E-state index in [1.54, 1.807) is 11.5 Å². The van der Waals surface area contributed by atoms with Crippen LogP contribution >= 0.6 is 11.8 Å². The number of nitrogens with zero attached hydrogens (tertiary/aromatic N) is 1. The Hall–Kier alpha value is -0.460. The fourth-order valence-corrected chi connectivity index (χ4v) is 0.502. The number of aliphatic hydroxyl groups excluding tert-OH is 1. The molecule has 44 valence electrons. The first-order valence-corrected chi connectivity index (χ1v) is 3.37. The van der Waals surface area contributed by atoms with Gasteiger partial charge >= 0.3 is 0 Å². The van der Waals surface area contributed by atoms with Gasteiger partial charge in [0.15, 0.2) is 6.10 Å². The number of rotatable bonds is 2. The molecule has 0 aromatic heterocycles. The van der Waals surface area contributed by atoms with Crippen LogP contribution in [0, 0.1) is 11.3 Å². The largest absolute Gasteiger partial charge is 0.374 e. The molecule has 0 aliphatic rings. The molecule has 8 heavy (non-hydrogen) atoms. The Morgan fingerprint density at radius 3 is 2.88 bits per heavy atom. The monoisotopic (exact) mass is 129 g/mol. The maximum Gasteiger partial charge on any atom is 0.159 e. The van der Waals surface area contributed by atoms with Crippen LogP contribution in [0.25, 0.3) is 0 Å². The van der Waals surface area contributed by atoms with Gasteiger partial charge in [0.2, 0.25) is 0 Å². The van der Waals surface area contributed by atoms with Crippen LogP contribution < -0.4 is 0 Å². The molecule has 3 heteroatoms. The number of thioether (sulfide) groups is 1. The summed E-state index contributed by atoms with van der Waals surface area (Å²) in [6.07, 6.45) is 2.35. The van der Waals surface area contributed by atoms with Gasteiger partial charge in [-0.25, -0.2) is 0 Å². The summed E-state index contributed by atoms with van der Waals surface area (Å²) in [6.45, 7) is 0. The van der Waals surface area contributed by atoms with E-state index in [1.165, 1.54) is 17.8 Å². The molecule has 0 saturated heterocycles. The zero-order valence-electron chi connectivity index (χ0n) is 4.53. The van der Waals surface area contributed by atoms with E-state index in [1.807, 2.05) is 6.26 Å². The first-order chi connectivity index (χ1) is 3.81. The standard InChI is InChI=1S/C5H7NOS/c1-8-3-2-5(7)4-6/h2-3,5,7H,1H3. The van der Waals surface area contributed by atoms with Crippen LogP contribution in [0.15, 0.2) is 11.5 Å². The maximum atomic E-state index is 8.53. The van der Waals surface area contributed by atoms with Crippen molar-refractivity contribution in [2.45, 2.75) is 6.10 Å². The topological polar surface area (TPSA) is 44.0 Å². The second-order valence-electron chi connectivity index (χ2n) is 1.14. The molecule has 1 N–H and O–H groups in total. The third-order valence-electron chi connectivity index (χ3n) is 0.529. The summed E-state index contributed by atoms with van der Waals surface area (Å²) in [4.78, 5) is 0. The SMILES string of the molecule is CSC=CC(O)C#N. The van der Waals surface area contributed by atoms with Crippen LogP contribution in [0.3, 0.4) is 0 Å². The highest BCUT2D eigenvalue weighted by atomic mass is 32.2. The second kappa shape index (κ2) is 4.69. The van der Waals surface area contributed by atoms with Crippen molar-refractivity contribution in [3.8, 4) is 6.07 Å². The third kappa shape index (κ3) is 3.72. The number of nitriles is 1. The molecule has 1 atom stereocenters. The molecule has 1 unspecified atom stereocenters. The Bertz CT molecular complexity index is 116. The van der Waals surface area contributed by atoms with Gasteiger partial charge in [0.25, 0.3) is 0 Å². The van der Waals surface area contributed by atoms with Crippen LogP contribution in [0.2, 0.25) is 0 Å². The van der Waals surface area contributed by atoms with Gasteiger partial charge in [0, 0.05) is 0 Å². The molecule has 0 spiro atoms. The maximum absolute atomic E-state index is 8.53. The predicted molar refractivity (Wildman–Crippen MR) is 34.3 cm³/mol. The van der Waals surface area contributed by atoms with Gasteiger partial charge in [-0.05, 0) is 17.7 Å². The van der Waals surface area contributed by atoms with Crippen molar-refractivity contribution < 1.29 is 5.11 Å². The lowest BCUT2D eigenvalue weighted by Crippen LogP contribution is -1.94. The van der Waals surface area contributed by atoms with Gasteiger partial charge in [-0.15, -0.1) is 11.8 Å². The highest BCUT2D eigenvalue weighted by Crippen LogP contribution is 1.94. The van der Waals surface area contributed by atoms with E-state index in [-0.39, 0.29) is 0 Å². The summed E-state index contributed by atoms with van der Waals surface area (Å²) in [5.74, 6) is 0. The fourth-order valence-electron chi connectivity index (χ4n) is 0.196. The zero-order chi connectivity index (χ0) is 6.41. The third-order valence-corrected chi connectivity index (χ3v) is 0.959. The second-order valence-corrected chi connectivity index (χ2v) is 1.88. The molecular weight excluding hydrogens is 122 g/mol. The van der Waals surface area contributed by atoms with E-state index < -0.39 is 6.10 Å². The van der Waals surface area contributed by atoms with E-state index >= 15 is 0 Å². The Kier molecular flexibility index (Phi) is 4.42. The molecule has 0 rings (SSSR count). The summed E-state index contributed by atoms with van der Waals surface area (Å²) < 4.78 is 0. The quantitative estimate of drug-likeness (QED) is 0.559. The van der Waals surface area contributed by atoms with Gasteiger partial charge in [-0.3, -0.25) is 0 Å². The zero-order valence-corrected chi connectivity index (χ0v) is 5.35. The van der Waals surface area contributed by atoms with Crippen LogP contribution in [0.5, 0.6) is 0 Å². The van der Waals surface area contributed by atoms with E-state index in [2.05, 4.69) is 0 Å². The molecule has 0 amide bonds. The van der Waals surface area contributed by atoms with E-state index in [0.717, 1.165) is 0 Å². The summed E-state index contributed by atoms with van der Waals surface area (Å²) in [5, 5.41) is 18.2. The Morgan fingerprint density at radius 2 is 2.50 bits per heavy atom. The van der Waals surface area contributed by atoms with Crippen LogP contribution in [0.4, 0.5) is 0 Å². The molecule has 0 heterocycles. The lowest BCUT2D eigenvalue weighted by Gasteiger charge is -1.85. The molecule has 2 nitrogen and oxygen atoms in total. The van der Waals surface area contributed by atoms with Gasteiger partial charge in [-0.2, -0.15) is 5.26 Å². The molecule has 0 bridgehead atoms. The lowest BCUT2D eigenvalue weighted by atomic mass is 10.4. The fraction of sp³-hybridized carbons (Fsp3) is 0.400. The highest BCUT2D eigenvalue weighted by Gasteiger charge is 1.88. The van der Waals surface area contributed by atoms with Gasteiger partial charge < -0.3 is 5.11 Å². The van der Waals surface area contributed by atoms with E-state index in [0.29, 0.717) is 0 Å². The minimum atomic E-state index is -0.942. The molecule has 0 aliphatic heterocycles. The minimum Gasteiger partial charge on any atom is -0.374 e. The molecule has 0 aliphatic carbocycles. The van der Waals surface area contributed by atoms with Gasteiger partial charge in [-0.1, -0.05) is 0 Å². The summed E-state index contributed by atoms with van der Waals surface area (Å²) in [6, 6.07) is 1.66. The van der Waals surface area contributed by atoms with Crippen LogP contribution in [0.1, 0.15) is 0 Å². The minimum absolute atomic E-state index is 0.942.